The van der Waals surface area contributed by atoms with Gasteiger partial charge in [0.15, 0.2) is 16.4 Å². The highest BCUT2D eigenvalue weighted by Crippen LogP contribution is 2.26. The molecule has 10 heteroatoms. The number of ether oxygens (including phenoxy) is 2. The zero-order chi connectivity index (χ0) is 20.3. The first kappa shape index (κ1) is 20.9. The van der Waals surface area contributed by atoms with E-state index in [0.717, 1.165) is 0 Å². The molecule has 2 heterocycles. The van der Waals surface area contributed by atoms with Crippen LogP contribution in [0, 0.1) is 0 Å². The van der Waals surface area contributed by atoms with E-state index in [1.165, 1.54) is 25.3 Å². The van der Waals surface area contributed by atoms with Crippen LogP contribution in [0.5, 0.6) is 5.75 Å². The van der Waals surface area contributed by atoms with Crippen molar-refractivity contribution in [2.45, 2.75) is 12.5 Å². The van der Waals surface area contributed by atoms with Crippen LogP contribution in [0.15, 0.2) is 18.2 Å². The highest BCUT2D eigenvalue weighted by Gasteiger charge is 2.34. The van der Waals surface area contributed by atoms with Gasteiger partial charge >= 0.3 is 5.97 Å². The van der Waals surface area contributed by atoms with E-state index < -0.39 is 15.8 Å². The number of rotatable bonds is 5. The van der Waals surface area contributed by atoms with Gasteiger partial charge in [-0.15, -0.1) is 0 Å². The van der Waals surface area contributed by atoms with Crippen molar-refractivity contribution in [3.05, 3.63) is 28.8 Å². The fraction of sp³-hybridized carbons (Fsp3) is 0.556. The van der Waals surface area contributed by atoms with Gasteiger partial charge in [0.2, 0.25) is 0 Å². The lowest BCUT2D eigenvalue weighted by molar-refractivity contribution is -0.135. The second kappa shape index (κ2) is 8.67. The Morgan fingerprint density at radius 1 is 1.21 bits per heavy atom. The lowest BCUT2D eigenvalue weighted by atomic mass is 10.2. The fourth-order valence-corrected chi connectivity index (χ4v) is 5.49. The summed E-state index contributed by atoms with van der Waals surface area (Å²) in [5.74, 6) is 0.117. The Morgan fingerprint density at radius 2 is 1.93 bits per heavy atom. The summed E-state index contributed by atoms with van der Waals surface area (Å²) < 4.78 is 33.4. The molecule has 0 aromatic heterocycles. The third-order valence-corrected chi connectivity index (χ3v) is 7.14. The minimum absolute atomic E-state index is 0.0608. The SMILES string of the molecule is COC(=O)c1ccc(OCC(=O)N2CCN(C3CCS(=O)(=O)C3)CC2)c(Cl)c1. The van der Waals surface area contributed by atoms with Crippen LogP contribution >= 0.6 is 11.6 Å². The summed E-state index contributed by atoms with van der Waals surface area (Å²) in [7, 11) is -1.63. The van der Waals surface area contributed by atoms with Crippen molar-refractivity contribution in [3.63, 3.8) is 0 Å². The molecule has 8 nitrogen and oxygen atoms in total. The van der Waals surface area contributed by atoms with Crippen molar-refractivity contribution in [2.24, 2.45) is 0 Å². The summed E-state index contributed by atoms with van der Waals surface area (Å²) in [5.41, 5.74) is 0.302. The lowest BCUT2D eigenvalue weighted by Gasteiger charge is -2.37. The highest BCUT2D eigenvalue weighted by atomic mass is 35.5. The number of methoxy groups -OCH3 is 1. The molecule has 1 unspecified atom stereocenters. The van der Waals surface area contributed by atoms with Gasteiger partial charge in [-0.05, 0) is 24.6 Å². The smallest absolute Gasteiger partial charge is 0.337 e. The number of halogens is 1. The van der Waals surface area contributed by atoms with E-state index in [1.54, 1.807) is 4.90 Å². The zero-order valence-corrected chi connectivity index (χ0v) is 17.2. The Labute approximate surface area is 169 Å². The predicted molar refractivity (Wildman–Crippen MR) is 103 cm³/mol. The summed E-state index contributed by atoms with van der Waals surface area (Å²) in [6.45, 7) is 2.22. The summed E-state index contributed by atoms with van der Waals surface area (Å²) in [6.07, 6.45) is 0.666. The summed E-state index contributed by atoms with van der Waals surface area (Å²) >= 11 is 6.10. The first-order valence-electron chi connectivity index (χ1n) is 9.02. The van der Waals surface area contributed by atoms with E-state index in [2.05, 4.69) is 9.64 Å². The van der Waals surface area contributed by atoms with Gasteiger partial charge in [0.25, 0.3) is 5.91 Å². The van der Waals surface area contributed by atoms with Crippen LogP contribution in [0.25, 0.3) is 0 Å². The largest absolute Gasteiger partial charge is 0.482 e. The van der Waals surface area contributed by atoms with Crippen LogP contribution in [-0.4, -0.2) is 87.5 Å². The normalized spacial score (nSPS) is 22.1. The van der Waals surface area contributed by atoms with Crippen LogP contribution < -0.4 is 4.74 Å². The predicted octanol–water partition coefficient (Wildman–Crippen LogP) is 0.837. The first-order valence-corrected chi connectivity index (χ1v) is 11.2. The molecule has 1 amide bonds. The number of carbonyl (C=O) groups excluding carboxylic acids is 2. The van der Waals surface area contributed by atoms with E-state index in [0.29, 0.717) is 43.9 Å². The molecule has 0 spiro atoms. The Bertz CT molecular complexity index is 852. The maximum absolute atomic E-state index is 12.4. The molecule has 2 fully saturated rings. The standard InChI is InChI=1S/C18H23ClN2O6S/c1-26-18(23)13-2-3-16(15(19)10-13)27-11-17(22)21-7-5-20(6-8-21)14-4-9-28(24,25)12-14/h2-3,10,14H,4-9,11-12H2,1H3. The van der Waals surface area contributed by atoms with Gasteiger partial charge in [-0.1, -0.05) is 11.6 Å². The molecule has 2 aliphatic rings. The van der Waals surface area contributed by atoms with Gasteiger partial charge in [0, 0.05) is 32.2 Å². The summed E-state index contributed by atoms with van der Waals surface area (Å²) in [4.78, 5) is 27.7. The number of carbonyl (C=O) groups is 2. The molecular formula is C18H23ClN2O6S. The van der Waals surface area contributed by atoms with Crippen LogP contribution in [0.1, 0.15) is 16.8 Å². The molecule has 1 aromatic carbocycles. The quantitative estimate of drug-likeness (QED) is 0.639. The number of sulfone groups is 1. The average Bonchev–Trinajstić information content (AvgIpc) is 3.06. The van der Waals surface area contributed by atoms with Crippen molar-refractivity contribution >= 4 is 33.3 Å². The van der Waals surface area contributed by atoms with E-state index >= 15 is 0 Å². The number of amides is 1. The molecule has 2 aliphatic heterocycles. The Balaban J connectivity index is 1.48. The molecule has 3 rings (SSSR count). The van der Waals surface area contributed by atoms with E-state index in [1.807, 2.05) is 0 Å². The minimum atomic E-state index is -2.91. The van der Waals surface area contributed by atoms with E-state index in [9.17, 15) is 18.0 Å². The lowest BCUT2D eigenvalue weighted by Crippen LogP contribution is -2.53. The maximum Gasteiger partial charge on any atom is 0.337 e. The van der Waals surface area contributed by atoms with E-state index in [-0.39, 0.29) is 35.1 Å². The van der Waals surface area contributed by atoms with E-state index in [4.69, 9.17) is 16.3 Å². The van der Waals surface area contributed by atoms with Crippen molar-refractivity contribution in [2.75, 3.05) is 51.4 Å². The molecule has 0 aliphatic carbocycles. The van der Waals surface area contributed by atoms with Crippen LogP contribution in [0.2, 0.25) is 5.02 Å². The van der Waals surface area contributed by atoms with Crippen molar-refractivity contribution in [1.29, 1.82) is 0 Å². The second-order valence-corrected chi connectivity index (χ2v) is 9.53. The highest BCUT2D eigenvalue weighted by molar-refractivity contribution is 7.91. The average molecular weight is 431 g/mol. The molecule has 1 aromatic rings. The monoisotopic (exact) mass is 430 g/mol. The van der Waals surface area contributed by atoms with Crippen LogP contribution in [0.4, 0.5) is 0 Å². The van der Waals surface area contributed by atoms with Gasteiger partial charge in [0.05, 0.1) is 29.2 Å². The molecule has 0 radical (unpaired) electrons. The minimum Gasteiger partial charge on any atom is -0.482 e. The molecule has 0 bridgehead atoms. The molecule has 154 valence electrons. The van der Waals surface area contributed by atoms with Gasteiger partial charge < -0.3 is 14.4 Å². The molecule has 1 atom stereocenters. The topological polar surface area (TPSA) is 93.2 Å². The molecule has 0 saturated carbocycles. The van der Waals surface area contributed by atoms with Gasteiger partial charge in [0.1, 0.15) is 5.75 Å². The zero-order valence-electron chi connectivity index (χ0n) is 15.6. The number of hydrogen-bond acceptors (Lipinski definition) is 7. The number of nitrogens with zero attached hydrogens (tertiary/aromatic N) is 2. The Morgan fingerprint density at radius 3 is 2.50 bits per heavy atom. The molecule has 28 heavy (non-hydrogen) atoms. The summed E-state index contributed by atoms with van der Waals surface area (Å²) in [6, 6.07) is 4.54. The number of piperazine rings is 1. The molecule has 0 N–H and O–H groups in total. The number of hydrogen-bond donors (Lipinski definition) is 0. The second-order valence-electron chi connectivity index (χ2n) is 6.90. The third-order valence-electron chi connectivity index (χ3n) is 5.10. The molecule has 2 saturated heterocycles. The first-order chi connectivity index (χ1) is 13.3. The van der Waals surface area contributed by atoms with Crippen molar-refractivity contribution in [1.82, 2.24) is 9.80 Å². The number of esters is 1. The molecular weight excluding hydrogens is 408 g/mol. The maximum atomic E-state index is 12.4. The number of benzene rings is 1. The summed E-state index contributed by atoms with van der Waals surface area (Å²) in [5, 5.41) is 0.225. The van der Waals surface area contributed by atoms with Crippen LogP contribution in [0.3, 0.4) is 0 Å². The Kier molecular flexibility index (Phi) is 6.47. The van der Waals surface area contributed by atoms with Gasteiger partial charge in [-0.25, -0.2) is 13.2 Å². The van der Waals surface area contributed by atoms with Gasteiger partial charge in [-0.3, -0.25) is 9.69 Å². The van der Waals surface area contributed by atoms with Crippen LogP contribution in [-0.2, 0) is 19.4 Å². The fourth-order valence-electron chi connectivity index (χ4n) is 3.49. The Hall–Kier alpha value is -1.84. The van der Waals surface area contributed by atoms with Gasteiger partial charge in [-0.2, -0.15) is 0 Å². The third kappa shape index (κ3) is 4.95. The van der Waals surface area contributed by atoms with Crippen molar-refractivity contribution < 1.29 is 27.5 Å². The van der Waals surface area contributed by atoms with Crippen molar-refractivity contribution in [3.8, 4) is 5.75 Å².